The molecule has 0 aliphatic rings. The molecular weight excluding hydrogens is 285 g/mol. The van der Waals surface area contributed by atoms with Gasteiger partial charge in [0.25, 0.3) is 0 Å². The first-order chi connectivity index (χ1) is 10.0. The first kappa shape index (κ1) is 16.0. The molecule has 0 spiro atoms. The zero-order valence-electron chi connectivity index (χ0n) is 12.7. The second-order valence-electron chi connectivity index (χ2n) is 5.52. The highest BCUT2D eigenvalue weighted by molar-refractivity contribution is 6.31. The molecule has 0 radical (unpaired) electrons. The summed E-state index contributed by atoms with van der Waals surface area (Å²) in [5.41, 5.74) is 4.39. The van der Waals surface area contributed by atoms with Crippen LogP contribution in [0.25, 0.3) is 0 Å². The van der Waals surface area contributed by atoms with Crippen molar-refractivity contribution in [1.29, 1.82) is 0 Å². The van der Waals surface area contributed by atoms with Crippen molar-refractivity contribution in [3.63, 3.8) is 0 Å². The summed E-state index contributed by atoms with van der Waals surface area (Å²) in [6.45, 7) is 4.20. The molecule has 112 valence electrons. The van der Waals surface area contributed by atoms with Gasteiger partial charge in [-0.3, -0.25) is 0 Å². The summed E-state index contributed by atoms with van der Waals surface area (Å²) >= 11 is 6.12. The van der Waals surface area contributed by atoms with Crippen LogP contribution >= 0.6 is 11.6 Å². The Morgan fingerprint density at radius 2 is 1.90 bits per heavy atom. The summed E-state index contributed by atoms with van der Waals surface area (Å²) in [6, 6.07) is 11.4. The first-order valence-corrected chi connectivity index (χ1v) is 7.55. The molecule has 1 atom stereocenters. The van der Waals surface area contributed by atoms with Gasteiger partial charge in [0.05, 0.1) is 0 Å². The Kier molecular flexibility index (Phi) is 5.38. The molecule has 21 heavy (non-hydrogen) atoms. The van der Waals surface area contributed by atoms with Gasteiger partial charge in [-0.15, -0.1) is 0 Å². The summed E-state index contributed by atoms with van der Waals surface area (Å²) in [7, 11) is 1.91. The maximum atomic E-state index is 13.9. The van der Waals surface area contributed by atoms with Crippen molar-refractivity contribution < 1.29 is 4.39 Å². The molecule has 1 N–H and O–H groups in total. The van der Waals surface area contributed by atoms with Crippen LogP contribution in [0.5, 0.6) is 0 Å². The lowest BCUT2D eigenvalue weighted by Crippen LogP contribution is -2.30. The van der Waals surface area contributed by atoms with Gasteiger partial charge in [-0.2, -0.15) is 0 Å². The van der Waals surface area contributed by atoms with Crippen LogP contribution in [-0.2, 0) is 12.8 Å². The zero-order valence-corrected chi connectivity index (χ0v) is 13.5. The Hall–Kier alpha value is -1.38. The van der Waals surface area contributed by atoms with E-state index in [2.05, 4.69) is 37.4 Å². The topological polar surface area (TPSA) is 12.0 Å². The summed E-state index contributed by atoms with van der Waals surface area (Å²) in [5, 5.41) is 3.77. The number of benzene rings is 2. The number of nitrogens with one attached hydrogen (secondary N) is 1. The molecule has 1 unspecified atom stereocenters. The third kappa shape index (κ3) is 4.05. The highest BCUT2D eigenvalue weighted by atomic mass is 35.5. The van der Waals surface area contributed by atoms with Gasteiger partial charge in [0.2, 0.25) is 0 Å². The van der Waals surface area contributed by atoms with Gasteiger partial charge in [0.1, 0.15) is 5.82 Å². The molecule has 2 aromatic rings. The minimum absolute atomic E-state index is 0.153. The fraction of sp³-hybridized carbons (Fsp3) is 0.333. The van der Waals surface area contributed by atoms with E-state index in [0.717, 1.165) is 6.42 Å². The molecule has 0 heterocycles. The van der Waals surface area contributed by atoms with Crippen molar-refractivity contribution >= 4 is 11.6 Å². The average Bonchev–Trinajstić information content (AvgIpc) is 2.45. The fourth-order valence-electron chi connectivity index (χ4n) is 2.54. The van der Waals surface area contributed by atoms with Crippen LogP contribution in [0.15, 0.2) is 36.4 Å². The molecule has 0 saturated heterocycles. The predicted molar refractivity (Wildman–Crippen MR) is 87.6 cm³/mol. The number of likely N-dealkylation sites (N-methyl/N-ethyl adjacent to an activating group) is 1. The van der Waals surface area contributed by atoms with E-state index in [-0.39, 0.29) is 11.9 Å². The Labute approximate surface area is 131 Å². The van der Waals surface area contributed by atoms with Gasteiger partial charge < -0.3 is 5.32 Å². The van der Waals surface area contributed by atoms with Gasteiger partial charge in [0, 0.05) is 16.6 Å². The van der Waals surface area contributed by atoms with Gasteiger partial charge in [-0.25, -0.2) is 4.39 Å². The number of rotatable bonds is 5. The standard InChI is InChI=1S/C18H21ClFN/c1-12-7-8-13(2)14(9-12)10-15(21-3)11-16-17(19)5-4-6-18(16)20/h4-9,15,21H,10-11H2,1-3H3. The van der Waals surface area contributed by atoms with Crippen LogP contribution in [0.2, 0.25) is 5.02 Å². The predicted octanol–water partition coefficient (Wildman–Crippen LogP) is 4.47. The molecule has 3 heteroatoms. The number of aryl methyl sites for hydroxylation is 2. The normalized spacial score (nSPS) is 12.4. The third-order valence-electron chi connectivity index (χ3n) is 3.89. The van der Waals surface area contributed by atoms with Crippen molar-refractivity contribution in [2.75, 3.05) is 7.05 Å². The maximum Gasteiger partial charge on any atom is 0.127 e. The molecule has 0 saturated carbocycles. The summed E-state index contributed by atoms with van der Waals surface area (Å²) in [6.07, 6.45) is 1.43. The third-order valence-corrected chi connectivity index (χ3v) is 4.25. The van der Waals surface area contributed by atoms with Crippen molar-refractivity contribution in [2.45, 2.75) is 32.7 Å². The number of hydrogen-bond donors (Lipinski definition) is 1. The van der Waals surface area contributed by atoms with E-state index in [0.29, 0.717) is 17.0 Å². The average molecular weight is 306 g/mol. The van der Waals surface area contributed by atoms with Crippen LogP contribution in [0.3, 0.4) is 0 Å². The van der Waals surface area contributed by atoms with Gasteiger partial charge in [0.15, 0.2) is 0 Å². The molecule has 0 amide bonds. The lowest BCUT2D eigenvalue weighted by molar-refractivity contribution is 0.531. The van der Waals surface area contributed by atoms with Gasteiger partial charge in [-0.1, -0.05) is 41.4 Å². The summed E-state index contributed by atoms with van der Waals surface area (Å²) in [4.78, 5) is 0. The smallest absolute Gasteiger partial charge is 0.127 e. The summed E-state index contributed by atoms with van der Waals surface area (Å²) in [5.74, 6) is -0.233. The molecule has 1 nitrogen and oxygen atoms in total. The lowest BCUT2D eigenvalue weighted by atomic mass is 9.95. The minimum Gasteiger partial charge on any atom is -0.316 e. The van der Waals surface area contributed by atoms with Crippen LogP contribution < -0.4 is 5.32 Å². The van der Waals surface area contributed by atoms with E-state index in [1.807, 2.05) is 7.05 Å². The Balaban J connectivity index is 2.19. The summed E-state index contributed by atoms with van der Waals surface area (Å²) < 4.78 is 13.9. The minimum atomic E-state index is -0.233. The quantitative estimate of drug-likeness (QED) is 0.859. The van der Waals surface area contributed by atoms with Crippen molar-refractivity contribution in [2.24, 2.45) is 0 Å². The zero-order chi connectivity index (χ0) is 15.4. The second-order valence-corrected chi connectivity index (χ2v) is 5.93. The van der Waals surface area contributed by atoms with Crippen LogP contribution in [0.4, 0.5) is 4.39 Å². The molecule has 0 aliphatic carbocycles. The van der Waals surface area contributed by atoms with E-state index in [4.69, 9.17) is 11.6 Å². The Morgan fingerprint density at radius 3 is 2.57 bits per heavy atom. The molecule has 0 aliphatic heterocycles. The molecule has 2 aromatic carbocycles. The highest BCUT2D eigenvalue weighted by Crippen LogP contribution is 2.22. The van der Waals surface area contributed by atoms with Crippen molar-refractivity contribution in [3.8, 4) is 0 Å². The highest BCUT2D eigenvalue weighted by Gasteiger charge is 2.15. The second kappa shape index (κ2) is 7.06. The van der Waals surface area contributed by atoms with Crippen LogP contribution in [-0.4, -0.2) is 13.1 Å². The fourth-order valence-corrected chi connectivity index (χ4v) is 2.78. The van der Waals surface area contributed by atoms with Crippen LogP contribution in [0, 0.1) is 19.7 Å². The molecule has 2 rings (SSSR count). The number of hydrogen-bond acceptors (Lipinski definition) is 1. The van der Waals surface area contributed by atoms with Crippen molar-refractivity contribution in [3.05, 3.63) is 69.5 Å². The maximum absolute atomic E-state index is 13.9. The van der Waals surface area contributed by atoms with E-state index in [9.17, 15) is 4.39 Å². The molecule has 0 aromatic heterocycles. The SMILES string of the molecule is CNC(Cc1cc(C)ccc1C)Cc1c(F)cccc1Cl. The van der Waals surface area contributed by atoms with E-state index in [1.165, 1.54) is 22.8 Å². The van der Waals surface area contributed by atoms with Gasteiger partial charge >= 0.3 is 0 Å². The Morgan fingerprint density at radius 1 is 1.14 bits per heavy atom. The number of halogens is 2. The first-order valence-electron chi connectivity index (χ1n) is 7.17. The molecule has 0 bridgehead atoms. The Bertz CT molecular complexity index is 604. The molecule has 0 fully saturated rings. The van der Waals surface area contributed by atoms with E-state index < -0.39 is 0 Å². The largest absolute Gasteiger partial charge is 0.316 e. The lowest BCUT2D eigenvalue weighted by Gasteiger charge is -2.19. The van der Waals surface area contributed by atoms with Crippen LogP contribution in [0.1, 0.15) is 22.3 Å². The van der Waals surface area contributed by atoms with E-state index in [1.54, 1.807) is 12.1 Å². The molecular formula is C18H21ClFN. The van der Waals surface area contributed by atoms with Gasteiger partial charge in [-0.05, 0) is 57.0 Å². The van der Waals surface area contributed by atoms with Crippen molar-refractivity contribution in [1.82, 2.24) is 5.32 Å². The van der Waals surface area contributed by atoms with E-state index >= 15 is 0 Å². The monoisotopic (exact) mass is 305 g/mol.